The van der Waals surface area contributed by atoms with Crippen LogP contribution in [0.15, 0.2) is 52.7 Å². The average Bonchev–Trinajstić information content (AvgIpc) is 2.72. The molecule has 29 heavy (non-hydrogen) atoms. The predicted octanol–water partition coefficient (Wildman–Crippen LogP) is 4.33. The quantitative estimate of drug-likeness (QED) is 0.650. The molecule has 0 aromatic carbocycles. The van der Waals surface area contributed by atoms with Crippen molar-refractivity contribution in [3.63, 3.8) is 0 Å². The Balaban J connectivity index is 1.64. The van der Waals surface area contributed by atoms with Crippen LogP contribution in [0.5, 0.6) is 0 Å². The van der Waals surface area contributed by atoms with Crippen molar-refractivity contribution < 1.29 is 0 Å². The van der Waals surface area contributed by atoms with Crippen LogP contribution in [-0.4, -0.2) is 66.9 Å². The number of rotatable bonds is 7. The standard InChI is InChI=1S/C25H40N4/c1-5-10-21(4)27-23-11-15-28(16-12-23)19-22-18-24(29-13-8-7-9-14-29)17-20(3)25(22)26-6-2/h5,10,17-18,21,23,27H,3,6-9,11-16,19H2,1-2,4H3/b10-5-,26-25+. The van der Waals surface area contributed by atoms with Crippen molar-refractivity contribution in [2.45, 2.75) is 65.0 Å². The van der Waals surface area contributed by atoms with Gasteiger partial charge in [0.1, 0.15) is 0 Å². The summed E-state index contributed by atoms with van der Waals surface area (Å²) in [7, 11) is 0. The van der Waals surface area contributed by atoms with Crippen molar-refractivity contribution >= 4 is 5.71 Å². The maximum atomic E-state index is 4.81. The van der Waals surface area contributed by atoms with Crippen LogP contribution >= 0.6 is 0 Å². The predicted molar refractivity (Wildman–Crippen MR) is 126 cm³/mol. The van der Waals surface area contributed by atoms with Crippen LogP contribution in [0.3, 0.4) is 0 Å². The SMILES string of the molecule is C=C1C=C(N2CCCCC2)C=C(CN2CCC(NC(C)/C=C\C)CC2)/C1=N/CC. The zero-order valence-electron chi connectivity index (χ0n) is 18.8. The molecular formula is C25H40N4. The van der Waals surface area contributed by atoms with E-state index in [1.807, 2.05) is 0 Å². The largest absolute Gasteiger partial charge is 0.372 e. The zero-order chi connectivity index (χ0) is 20.6. The second kappa shape index (κ2) is 10.9. The molecule has 1 N–H and O–H groups in total. The number of hydrogen-bond donors (Lipinski definition) is 1. The molecule has 2 saturated heterocycles. The van der Waals surface area contributed by atoms with Crippen LogP contribution < -0.4 is 5.32 Å². The Morgan fingerprint density at radius 3 is 2.55 bits per heavy atom. The van der Waals surface area contributed by atoms with Crippen LogP contribution in [0, 0.1) is 0 Å². The monoisotopic (exact) mass is 396 g/mol. The molecule has 0 radical (unpaired) electrons. The average molecular weight is 397 g/mol. The maximum Gasteiger partial charge on any atom is 0.0687 e. The lowest BCUT2D eigenvalue weighted by Crippen LogP contribution is -2.45. The number of hydrogen-bond acceptors (Lipinski definition) is 4. The number of nitrogens with zero attached hydrogens (tertiary/aromatic N) is 3. The Kier molecular flexibility index (Phi) is 8.31. The summed E-state index contributed by atoms with van der Waals surface area (Å²) in [5.74, 6) is 0. The van der Waals surface area contributed by atoms with E-state index in [2.05, 4.69) is 66.8 Å². The van der Waals surface area contributed by atoms with Crippen molar-refractivity contribution in [2.75, 3.05) is 39.3 Å². The highest BCUT2D eigenvalue weighted by atomic mass is 15.2. The Hall–Kier alpha value is -1.65. The van der Waals surface area contributed by atoms with Gasteiger partial charge in [-0.15, -0.1) is 0 Å². The molecule has 2 heterocycles. The van der Waals surface area contributed by atoms with E-state index in [1.165, 1.54) is 56.5 Å². The smallest absolute Gasteiger partial charge is 0.0687 e. The first kappa shape index (κ1) is 22.0. The molecular weight excluding hydrogens is 356 g/mol. The van der Waals surface area contributed by atoms with E-state index in [1.54, 1.807) is 0 Å². The highest BCUT2D eigenvalue weighted by Crippen LogP contribution is 2.26. The summed E-state index contributed by atoms with van der Waals surface area (Å²) in [6, 6.07) is 1.08. The molecule has 3 rings (SSSR count). The van der Waals surface area contributed by atoms with E-state index in [4.69, 9.17) is 4.99 Å². The van der Waals surface area contributed by atoms with Gasteiger partial charge >= 0.3 is 0 Å². The van der Waals surface area contributed by atoms with Gasteiger partial charge in [0.2, 0.25) is 0 Å². The highest BCUT2D eigenvalue weighted by Gasteiger charge is 2.25. The first-order chi connectivity index (χ1) is 14.1. The summed E-state index contributed by atoms with van der Waals surface area (Å²) < 4.78 is 0. The fourth-order valence-electron chi connectivity index (χ4n) is 4.77. The fourth-order valence-corrected chi connectivity index (χ4v) is 4.77. The molecule has 0 saturated carbocycles. The first-order valence-electron chi connectivity index (χ1n) is 11.6. The van der Waals surface area contributed by atoms with Crippen LogP contribution in [0.25, 0.3) is 0 Å². The number of allylic oxidation sites excluding steroid dienone is 4. The molecule has 3 aliphatic rings. The van der Waals surface area contributed by atoms with Crippen molar-refractivity contribution in [1.29, 1.82) is 0 Å². The Morgan fingerprint density at radius 2 is 1.90 bits per heavy atom. The molecule has 2 fully saturated rings. The molecule has 4 nitrogen and oxygen atoms in total. The summed E-state index contributed by atoms with van der Waals surface area (Å²) in [6.07, 6.45) is 15.4. The minimum absolute atomic E-state index is 0.460. The van der Waals surface area contributed by atoms with Crippen LogP contribution in [-0.2, 0) is 0 Å². The topological polar surface area (TPSA) is 30.9 Å². The number of piperidine rings is 2. The summed E-state index contributed by atoms with van der Waals surface area (Å²) >= 11 is 0. The first-order valence-corrected chi connectivity index (χ1v) is 11.6. The van der Waals surface area contributed by atoms with Gasteiger partial charge in [0.25, 0.3) is 0 Å². The normalized spacial score (nSPS) is 24.9. The van der Waals surface area contributed by atoms with E-state index in [-0.39, 0.29) is 0 Å². The molecule has 0 aromatic rings. The van der Waals surface area contributed by atoms with E-state index < -0.39 is 0 Å². The van der Waals surface area contributed by atoms with Crippen molar-refractivity contribution in [3.05, 3.63) is 47.7 Å². The summed E-state index contributed by atoms with van der Waals surface area (Å²) in [5.41, 5.74) is 4.90. The van der Waals surface area contributed by atoms with Gasteiger partial charge in [-0.25, -0.2) is 0 Å². The van der Waals surface area contributed by atoms with Gasteiger partial charge in [-0.2, -0.15) is 0 Å². The molecule has 160 valence electrons. The second-order valence-corrected chi connectivity index (χ2v) is 8.67. The van der Waals surface area contributed by atoms with Gasteiger partial charge in [0.15, 0.2) is 0 Å². The molecule has 0 spiro atoms. The molecule has 2 aliphatic heterocycles. The van der Waals surface area contributed by atoms with Gasteiger partial charge in [-0.05, 0) is 89.3 Å². The van der Waals surface area contributed by atoms with Gasteiger partial charge in [-0.1, -0.05) is 18.7 Å². The third kappa shape index (κ3) is 6.16. The van der Waals surface area contributed by atoms with Gasteiger partial charge in [-0.3, -0.25) is 9.89 Å². The lowest BCUT2D eigenvalue weighted by atomic mass is 9.93. The van der Waals surface area contributed by atoms with Gasteiger partial charge in [0.05, 0.1) is 5.71 Å². The third-order valence-electron chi connectivity index (χ3n) is 6.25. The van der Waals surface area contributed by atoms with Gasteiger partial charge < -0.3 is 10.2 Å². The van der Waals surface area contributed by atoms with Gasteiger partial charge in [0, 0.05) is 44.0 Å². The van der Waals surface area contributed by atoms with Crippen LogP contribution in [0.2, 0.25) is 0 Å². The summed E-state index contributed by atoms with van der Waals surface area (Å²) in [4.78, 5) is 9.94. The number of likely N-dealkylation sites (tertiary alicyclic amines) is 2. The molecule has 0 amide bonds. The number of nitrogens with one attached hydrogen (secondary N) is 1. The maximum absolute atomic E-state index is 4.81. The third-order valence-corrected chi connectivity index (χ3v) is 6.25. The minimum Gasteiger partial charge on any atom is -0.372 e. The van der Waals surface area contributed by atoms with E-state index in [9.17, 15) is 0 Å². The Morgan fingerprint density at radius 1 is 1.17 bits per heavy atom. The molecule has 0 aromatic heterocycles. The Labute approximate surface area is 178 Å². The van der Waals surface area contributed by atoms with E-state index >= 15 is 0 Å². The lowest BCUT2D eigenvalue weighted by molar-refractivity contribution is 0.210. The Bertz CT molecular complexity index is 671. The van der Waals surface area contributed by atoms with Crippen LogP contribution in [0.4, 0.5) is 0 Å². The summed E-state index contributed by atoms with van der Waals surface area (Å²) in [5, 5.41) is 3.75. The zero-order valence-corrected chi connectivity index (χ0v) is 18.8. The second-order valence-electron chi connectivity index (χ2n) is 8.67. The van der Waals surface area contributed by atoms with E-state index in [0.29, 0.717) is 12.1 Å². The van der Waals surface area contributed by atoms with Crippen molar-refractivity contribution in [2.24, 2.45) is 4.99 Å². The van der Waals surface area contributed by atoms with E-state index in [0.717, 1.165) is 37.5 Å². The minimum atomic E-state index is 0.460. The molecule has 1 aliphatic carbocycles. The molecule has 1 unspecified atom stereocenters. The lowest BCUT2D eigenvalue weighted by Gasteiger charge is -2.36. The number of aliphatic imine (C=N–C) groups is 1. The fraction of sp³-hybridized carbons (Fsp3) is 0.640. The summed E-state index contributed by atoms with van der Waals surface area (Å²) in [6.45, 7) is 17.2. The molecule has 1 atom stereocenters. The van der Waals surface area contributed by atoms with Crippen molar-refractivity contribution in [1.82, 2.24) is 15.1 Å². The molecule has 4 heteroatoms. The molecule has 0 bridgehead atoms. The van der Waals surface area contributed by atoms with Crippen LogP contribution in [0.1, 0.15) is 52.9 Å². The van der Waals surface area contributed by atoms with Crippen molar-refractivity contribution in [3.8, 4) is 0 Å². The highest BCUT2D eigenvalue weighted by molar-refractivity contribution is 6.15.